The van der Waals surface area contributed by atoms with E-state index >= 15 is 0 Å². The zero-order valence-electron chi connectivity index (χ0n) is 9.98. The van der Waals surface area contributed by atoms with Crippen LogP contribution in [-0.2, 0) is 9.59 Å². The lowest BCUT2D eigenvalue weighted by Crippen LogP contribution is -2.32. The Morgan fingerprint density at radius 3 is 2.53 bits per heavy atom. The molecule has 1 rings (SSSR count). The van der Waals surface area contributed by atoms with Crippen molar-refractivity contribution in [3.8, 4) is 0 Å². The molecule has 1 unspecified atom stereocenters. The van der Waals surface area contributed by atoms with Gasteiger partial charge in [0.25, 0.3) is 0 Å². The number of Topliss-reactive ketones (excluding diaryl/α,β-unsaturated/α-hetero) is 1. The summed E-state index contributed by atoms with van der Waals surface area (Å²) in [6, 6.07) is 8.71. The summed E-state index contributed by atoms with van der Waals surface area (Å²) in [5, 5.41) is 2.68. The fraction of sp³-hybridized carbons (Fsp3) is 0.286. The molecule has 0 aliphatic heterocycles. The van der Waals surface area contributed by atoms with Crippen molar-refractivity contribution in [2.45, 2.75) is 25.8 Å². The van der Waals surface area contributed by atoms with E-state index in [-0.39, 0.29) is 11.7 Å². The molecule has 0 aliphatic carbocycles. The van der Waals surface area contributed by atoms with Gasteiger partial charge in [-0.2, -0.15) is 0 Å². The van der Waals surface area contributed by atoms with Gasteiger partial charge >= 0.3 is 0 Å². The molecular weight excluding hydrogens is 214 g/mol. The SMILES string of the molecule is C=CCCC(=O)C(NC(C)=O)c1ccccc1. The summed E-state index contributed by atoms with van der Waals surface area (Å²) in [6.07, 6.45) is 2.72. The van der Waals surface area contributed by atoms with Crippen LogP contribution in [0.2, 0.25) is 0 Å². The van der Waals surface area contributed by atoms with Crippen molar-refractivity contribution in [3.05, 3.63) is 48.6 Å². The third kappa shape index (κ3) is 4.23. The second kappa shape index (κ2) is 6.63. The van der Waals surface area contributed by atoms with Gasteiger partial charge in [-0.15, -0.1) is 6.58 Å². The fourth-order valence-electron chi connectivity index (χ4n) is 1.59. The lowest BCUT2D eigenvalue weighted by molar-refractivity contribution is -0.126. The van der Waals surface area contributed by atoms with Crippen molar-refractivity contribution in [3.63, 3.8) is 0 Å². The van der Waals surface area contributed by atoms with Gasteiger partial charge in [-0.3, -0.25) is 9.59 Å². The second-order valence-corrected chi connectivity index (χ2v) is 3.84. The number of nitrogens with one attached hydrogen (secondary N) is 1. The summed E-state index contributed by atoms with van der Waals surface area (Å²) in [5.41, 5.74) is 0.816. The van der Waals surface area contributed by atoms with E-state index in [1.54, 1.807) is 6.08 Å². The van der Waals surface area contributed by atoms with Gasteiger partial charge in [0.15, 0.2) is 5.78 Å². The number of rotatable bonds is 6. The molecule has 0 radical (unpaired) electrons. The molecule has 0 fully saturated rings. The lowest BCUT2D eigenvalue weighted by atomic mass is 9.99. The van der Waals surface area contributed by atoms with Crippen molar-refractivity contribution < 1.29 is 9.59 Å². The highest BCUT2D eigenvalue weighted by Gasteiger charge is 2.20. The number of benzene rings is 1. The van der Waals surface area contributed by atoms with Crippen molar-refractivity contribution in [2.24, 2.45) is 0 Å². The lowest BCUT2D eigenvalue weighted by Gasteiger charge is -2.16. The van der Waals surface area contributed by atoms with Gasteiger partial charge in [0.2, 0.25) is 5.91 Å². The van der Waals surface area contributed by atoms with Crippen LogP contribution in [0.3, 0.4) is 0 Å². The molecule has 90 valence electrons. The molecule has 0 aromatic heterocycles. The molecule has 17 heavy (non-hydrogen) atoms. The fourth-order valence-corrected chi connectivity index (χ4v) is 1.59. The highest BCUT2D eigenvalue weighted by atomic mass is 16.2. The van der Waals surface area contributed by atoms with E-state index in [4.69, 9.17) is 0 Å². The van der Waals surface area contributed by atoms with Crippen LogP contribution in [0.15, 0.2) is 43.0 Å². The standard InChI is InChI=1S/C14H17NO2/c1-3-4-10-13(17)14(15-11(2)16)12-8-6-5-7-9-12/h3,5-9,14H,1,4,10H2,2H3,(H,15,16). The van der Waals surface area contributed by atoms with E-state index in [0.29, 0.717) is 12.8 Å². The Kier molecular flexibility index (Phi) is 5.14. The molecule has 3 heteroatoms. The molecule has 1 atom stereocenters. The Labute approximate surface area is 102 Å². The Balaban J connectivity index is 2.84. The number of allylic oxidation sites excluding steroid dienone is 1. The largest absolute Gasteiger partial charge is 0.342 e. The summed E-state index contributed by atoms with van der Waals surface area (Å²) in [6.45, 7) is 5.00. The number of carbonyl (C=O) groups excluding carboxylic acids is 2. The number of carbonyl (C=O) groups is 2. The minimum absolute atomic E-state index is 0.00583. The molecule has 1 aromatic rings. The molecule has 0 aliphatic rings. The molecule has 1 amide bonds. The molecule has 3 nitrogen and oxygen atoms in total. The zero-order valence-corrected chi connectivity index (χ0v) is 9.98. The van der Waals surface area contributed by atoms with Crippen LogP contribution in [0.4, 0.5) is 0 Å². The van der Waals surface area contributed by atoms with Gasteiger partial charge in [-0.1, -0.05) is 36.4 Å². The first kappa shape index (κ1) is 13.2. The Morgan fingerprint density at radius 2 is 2.00 bits per heavy atom. The smallest absolute Gasteiger partial charge is 0.217 e. The number of ketones is 1. The predicted molar refractivity (Wildman–Crippen MR) is 67.4 cm³/mol. The predicted octanol–water partition coefficient (Wildman–Crippen LogP) is 2.40. The Bertz CT molecular complexity index is 398. The average molecular weight is 231 g/mol. The Morgan fingerprint density at radius 1 is 1.35 bits per heavy atom. The second-order valence-electron chi connectivity index (χ2n) is 3.84. The van der Waals surface area contributed by atoms with Gasteiger partial charge < -0.3 is 5.32 Å². The van der Waals surface area contributed by atoms with Gasteiger partial charge in [-0.25, -0.2) is 0 Å². The molecule has 0 saturated carbocycles. The first-order chi connectivity index (χ1) is 8.15. The first-order valence-electron chi connectivity index (χ1n) is 5.61. The third-order valence-electron chi connectivity index (χ3n) is 2.40. The van der Waals surface area contributed by atoms with Crippen LogP contribution in [0.5, 0.6) is 0 Å². The molecule has 1 aromatic carbocycles. The quantitative estimate of drug-likeness (QED) is 0.764. The van der Waals surface area contributed by atoms with Gasteiger partial charge in [0.1, 0.15) is 6.04 Å². The van der Waals surface area contributed by atoms with Gasteiger partial charge in [0.05, 0.1) is 0 Å². The molecule has 1 N–H and O–H groups in total. The van der Waals surface area contributed by atoms with Crippen LogP contribution < -0.4 is 5.32 Å². The topological polar surface area (TPSA) is 46.2 Å². The van der Waals surface area contributed by atoms with Crippen molar-refractivity contribution in [2.75, 3.05) is 0 Å². The van der Waals surface area contributed by atoms with Crippen molar-refractivity contribution >= 4 is 11.7 Å². The first-order valence-corrected chi connectivity index (χ1v) is 5.61. The summed E-state index contributed by atoms with van der Waals surface area (Å²) in [5.74, 6) is -0.197. The van der Waals surface area contributed by atoms with Crippen molar-refractivity contribution in [1.82, 2.24) is 5.32 Å². The summed E-state index contributed by atoms with van der Waals surface area (Å²) < 4.78 is 0. The highest BCUT2D eigenvalue weighted by Crippen LogP contribution is 2.16. The van der Waals surface area contributed by atoms with Crippen LogP contribution in [-0.4, -0.2) is 11.7 Å². The number of amides is 1. The van der Waals surface area contributed by atoms with E-state index in [1.807, 2.05) is 30.3 Å². The molecule has 0 heterocycles. The van der Waals surface area contributed by atoms with Gasteiger partial charge in [-0.05, 0) is 12.0 Å². The molecular formula is C14H17NO2. The maximum Gasteiger partial charge on any atom is 0.217 e. The Hall–Kier alpha value is -1.90. The minimum Gasteiger partial charge on any atom is -0.342 e. The van der Waals surface area contributed by atoms with Crippen molar-refractivity contribution in [1.29, 1.82) is 0 Å². The normalized spacial score (nSPS) is 11.6. The number of hydrogen-bond donors (Lipinski definition) is 1. The molecule has 0 saturated heterocycles. The highest BCUT2D eigenvalue weighted by molar-refractivity contribution is 5.89. The summed E-state index contributed by atoms with van der Waals surface area (Å²) in [7, 11) is 0. The third-order valence-corrected chi connectivity index (χ3v) is 2.40. The van der Waals surface area contributed by atoms with E-state index in [0.717, 1.165) is 5.56 Å². The van der Waals surface area contributed by atoms with E-state index in [1.165, 1.54) is 6.92 Å². The van der Waals surface area contributed by atoms with Crippen LogP contribution in [0, 0.1) is 0 Å². The average Bonchev–Trinajstić information content (AvgIpc) is 2.34. The number of hydrogen-bond acceptors (Lipinski definition) is 2. The van der Waals surface area contributed by atoms with Gasteiger partial charge in [0, 0.05) is 13.3 Å². The van der Waals surface area contributed by atoms with Crippen LogP contribution in [0.25, 0.3) is 0 Å². The summed E-state index contributed by atoms with van der Waals surface area (Å²) in [4.78, 5) is 23.1. The zero-order chi connectivity index (χ0) is 12.7. The maximum absolute atomic E-state index is 12.0. The van der Waals surface area contributed by atoms with E-state index < -0.39 is 6.04 Å². The van der Waals surface area contributed by atoms with E-state index in [2.05, 4.69) is 11.9 Å². The minimum atomic E-state index is -0.548. The van der Waals surface area contributed by atoms with Crippen LogP contribution in [0.1, 0.15) is 31.4 Å². The van der Waals surface area contributed by atoms with E-state index in [9.17, 15) is 9.59 Å². The summed E-state index contributed by atoms with van der Waals surface area (Å²) >= 11 is 0. The maximum atomic E-state index is 12.0. The molecule has 0 bridgehead atoms. The molecule has 0 spiro atoms. The monoisotopic (exact) mass is 231 g/mol. The van der Waals surface area contributed by atoms with Crippen LogP contribution >= 0.6 is 0 Å².